The number of aromatic nitrogens is 3. The lowest BCUT2D eigenvalue weighted by atomic mass is 9.92. The third-order valence-electron chi connectivity index (χ3n) is 6.01. The van der Waals surface area contributed by atoms with Crippen LogP contribution in [0.5, 0.6) is 5.75 Å². The van der Waals surface area contributed by atoms with Gasteiger partial charge in [-0.2, -0.15) is 0 Å². The quantitative estimate of drug-likeness (QED) is 0.597. The van der Waals surface area contributed by atoms with Gasteiger partial charge in [-0.25, -0.2) is 9.97 Å². The molecule has 1 aliphatic carbocycles. The summed E-state index contributed by atoms with van der Waals surface area (Å²) in [5, 5.41) is 0. The van der Waals surface area contributed by atoms with E-state index in [0.717, 1.165) is 29.6 Å². The number of rotatable bonds is 6. The minimum atomic E-state index is 0.0940. The molecule has 4 rings (SSSR count). The van der Waals surface area contributed by atoms with Crippen LogP contribution < -0.4 is 4.74 Å². The van der Waals surface area contributed by atoms with Crippen molar-refractivity contribution in [3.05, 3.63) is 54.0 Å². The summed E-state index contributed by atoms with van der Waals surface area (Å²) in [7, 11) is 1.65. The molecular formula is C24H30N4O2. The number of methoxy groups -OCH3 is 1. The number of nitrogens with zero attached hydrogens (tertiary/aromatic N) is 4. The van der Waals surface area contributed by atoms with E-state index >= 15 is 0 Å². The van der Waals surface area contributed by atoms with Crippen LogP contribution in [0.3, 0.4) is 0 Å². The Morgan fingerprint density at radius 1 is 1.20 bits per heavy atom. The highest BCUT2D eigenvalue weighted by Gasteiger charge is 2.28. The minimum absolute atomic E-state index is 0.0940. The Labute approximate surface area is 177 Å². The summed E-state index contributed by atoms with van der Waals surface area (Å²) >= 11 is 0. The molecular weight excluding hydrogens is 376 g/mol. The first-order valence-corrected chi connectivity index (χ1v) is 10.8. The number of carbonyl (C=O) groups excluding carboxylic acids is 1. The van der Waals surface area contributed by atoms with Gasteiger partial charge in [0.05, 0.1) is 20.0 Å². The highest BCUT2D eigenvalue weighted by atomic mass is 16.5. The summed E-state index contributed by atoms with van der Waals surface area (Å²) in [6, 6.07) is 10.1. The third kappa shape index (κ3) is 4.04. The van der Waals surface area contributed by atoms with Crippen molar-refractivity contribution in [3.63, 3.8) is 0 Å². The highest BCUT2D eigenvalue weighted by Crippen LogP contribution is 2.28. The van der Waals surface area contributed by atoms with Gasteiger partial charge < -0.3 is 14.2 Å². The van der Waals surface area contributed by atoms with Crippen molar-refractivity contribution < 1.29 is 9.53 Å². The molecule has 1 fully saturated rings. The van der Waals surface area contributed by atoms with Crippen LogP contribution in [0.2, 0.25) is 0 Å². The van der Waals surface area contributed by atoms with E-state index in [2.05, 4.69) is 28.7 Å². The monoisotopic (exact) mass is 406 g/mol. The molecule has 6 heteroatoms. The molecule has 1 saturated carbocycles. The second kappa shape index (κ2) is 8.86. The molecule has 1 aliphatic rings. The van der Waals surface area contributed by atoms with Gasteiger partial charge in [0.15, 0.2) is 5.65 Å². The summed E-state index contributed by atoms with van der Waals surface area (Å²) < 4.78 is 7.65. The van der Waals surface area contributed by atoms with Crippen LogP contribution in [0.1, 0.15) is 61.9 Å². The number of hydrogen-bond acceptors (Lipinski definition) is 4. The van der Waals surface area contributed by atoms with Crippen molar-refractivity contribution in [2.75, 3.05) is 7.11 Å². The zero-order valence-corrected chi connectivity index (χ0v) is 18.0. The molecule has 30 heavy (non-hydrogen) atoms. The van der Waals surface area contributed by atoms with Crippen LogP contribution in [0.4, 0.5) is 0 Å². The number of ether oxygens (including phenoxy) is 1. The molecule has 0 unspecified atom stereocenters. The summed E-state index contributed by atoms with van der Waals surface area (Å²) in [4.78, 5) is 24.3. The summed E-state index contributed by atoms with van der Waals surface area (Å²) in [6.45, 7) is 4.80. The van der Waals surface area contributed by atoms with Crippen molar-refractivity contribution in [3.8, 4) is 5.75 Å². The standard InChI is InChI=1S/C24H30N4O2/c1-17(2)28(20-8-5-4-6-9-20)24(29)18-11-12-19(22(14-18)30-3)15-27-16-26-21-10-7-13-25-23(21)27/h7,10-14,16-17,20H,4-6,8-9,15H2,1-3H3. The Morgan fingerprint density at radius 2 is 2.00 bits per heavy atom. The predicted molar refractivity (Wildman–Crippen MR) is 118 cm³/mol. The molecule has 1 amide bonds. The molecule has 0 atom stereocenters. The van der Waals surface area contributed by atoms with Gasteiger partial charge in [-0.15, -0.1) is 0 Å². The van der Waals surface area contributed by atoms with Gasteiger partial charge >= 0.3 is 0 Å². The normalized spacial score (nSPS) is 14.9. The molecule has 0 saturated heterocycles. The zero-order valence-electron chi connectivity index (χ0n) is 18.0. The molecule has 2 aromatic heterocycles. The van der Waals surface area contributed by atoms with Crippen LogP contribution in [-0.4, -0.2) is 44.5 Å². The second-order valence-corrected chi connectivity index (χ2v) is 8.34. The maximum atomic E-state index is 13.4. The van der Waals surface area contributed by atoms with Crippen LogP contribution in [0.15, 0.2) is 42.9 Å². The molecule has 158 valence electrons. The van der Waals surface area contributed by atoms with E-state index in [1.165, 1.54) is 19.3 Å². The average molecular weight is 407 g/mol. The molecule has 0 radical (unpaired) electrons. The van der Waals surface area contributed by atoms with E-state index < -0.39 is 0 Å². The molecule has 0 N–H and O–H groups in total. The maximum Gasteiger partial charge on any atom is 0.254 e. The maximum absolute atomic E-state index is 13.4. The Bertz CT molecular complexity index is 1020. The van der Waals surface area contributed by atoms with Gasteiger partial charge in [0.25, 0.3) is 5.91 Å². The Hall–Kier alpha value is -2.89. The minimum Gasteiger partial charge on any atom is -0.496 e. The first-order chi connectivity index (χ1) is 14.6. The fraction of sp³-hybridized carbons (Fsp3) is 0.458. The molecule has 0 spiro atoms. The third-order valence-corrected chi connectivity index (χ3v) is 6.01. The van der Waals surface area contributed by atoms with Crippen LogP contribution in [-0.2, 0) is 6.54 Å². The van der Waals surface area contributed by atoms with Gasteiger partial charge in [-0.05, 0) is 51.0 Å². The average Bonchev–Trinajstić information content (AvgIpc) is 3.17. The van der Waals surface area contributed by atoms with Crippen molar-refractivity contribution in [2.24, 2.45) is 0 Å². The number of carbonyl (C=O) groups is 1. The Morgan fingerprint density at radius 3 is 2.73 bits per heavy atom. The molecule has 2 heterocycles. The van der Waals surface area contributed by atoms with E-state index in [1.54, 1.807) is 19.6 Å². The first kappa shape index (κ1) is 20.4. The number of hydrogen-bond donors (Lipinski definition) is 0. The first-order valence-electron chi connectivity index (χ1n) is 10.8. The summed E-state index contributed by atoms with van der Waals surface area (Å²) in [5.41, 5.74) is 3.38. The largest absolute Gasteiger partial charge is 0.496 e. The Kier molecular flexibility index (Phi) is 6.02. The SMILES string of the molecule is COc1cc(C(=O)N(C(C)C)C2CCCCC2)ccc1Cn1cnc2cccnc21. The van der Waals surface area contributed by atoms with E-state index in [1.807, 2.05) is 34.9 Å². The lowest BCUT2D eigenvalue weighted by Crippen LogP contribution is -2.45. The van der Waals surface area contributed by atoms with E-state index in [0.29, 0.717) is 23.9 Å². The van der Waals surface area contributed by atoms with Crippen LogP contribution >= 0.6 is 0 Å². The van der Waals surface area contributed by atoms with Gasteiger partial charge in [-0.1, -0.05) is 25.3 Å². The lowest BCUT2D eigenvalue weighted by Gasteiger charge is -2.37. The summed E-state index contributed by atoms with van der Waals surface area (Å²) in [6.07, 6.45) is 9.44. The number of benzene rings is 1. The van der Waals surface area contributed by atoms with Crippen molar-refractivity contribution >= 4 is 17.1 Å². The number of amides is 1. The van der Waals surface area contributed by atoms with E-state index in [4.69, 9.17) is 4.74 Å². The van der Waals surface area contributed by atoms with Gasteiger partial charge in [0.2, 0.25) is 0 Å². The number of pyridine rings is 1. The van der Waals surface area contributed by atoms with E-state index in [-0.39, 0.29) is 11.9 Å². The topological polar surface area (TPSA) is 60.2 Å². The van der Waals surface area contributed by atoms with Crippen molar-refractivity contribution in [1.29, 1.82) is 0 Å². The van der Waals surface area contributed by atoms with E-state index in [9.17, 15) is 4.79 Å². The number of fused-ring (bicyclic) bond motifs is 1. The van der Waals surface area contributed by atoms with Crippen LogP contribution in [0.25, 0.3) is 11.2 Å². The molecule has 6 nitrogen and oxygen atoms in total. The van der Waals surface area contributed by atoms with Gasteiger partial charge in [0.1, 0.15) is 11.3 Å². The molecule has 0 aliphatic heterocycles. The molecule has 1 aromatic carbocycles. The fourth-order valence-electron chi connectivity index (χ4n) is 4.53. The number of imidazole rings is 1. The van der Waals surface area contributed by atoms with Crippen molar-refractivity contribution in [2.45, 2.75) is 64.6 Å². The summed E-state index contributed by atoms with van der Waals surface area (Å²) in [5.74, 6) is 0.808. The van der Waals surface area contributed by atoms with Gasteiger partial charge in [0, 0.05) is 29.4 Å². The van der Waals surface area contributed by atoms with Crippen molar-refractivity contribution in [1.82, 2.24) is 19.4 Å². The lowest BCUT2D eigenvalue weighted by molar-refractivity contribution is 0.0555. The Balaban J connectivity index is 1.60. The molecule has 0 bridgehead atoms. The zero-order chi connectivity index (χ0) is 21.1. The smallest absolute Gasteiger partial charge is 0.254 e. The predicted octanol–water partition coefficient (Wildman–Crippen LogP) is 4.67. The highest BCUT2D eigenvalue weighted by molar-refractivity contribution is 5.95. The fourth-order valence-corrected chi connectivity index (χ4v) is 4.53. The van der Waals surface area contributed by atoms with Crippen LogP contribution in [0, 0.1) is 0 Å². The van der Waals surface area contributed by atoms with Gasteiger partial charge in [-0.3, -0.25) is 4.79 Å². The molecule has 3 aromatic rings. The second-order valence-electron chi connectivity index (χ2n) is 8.34.